The molecule has 0 fully saturated rings. The zero-order valence-electron chi connectivity index (χ0n) is 16.6. The van der Waals surface area contributed by atoms with Crippen LogP contribution in [0.1, 0.15) is 42.0 Å². The molecule has 1 amide bonds. The van der Waals surface area contributed by atoms with E-state index in [4.69, 9.17) is 9.47 Å². The Morgan fingerprint density at radius 1 is 0.963 bits per heavy atom. The van der Waals surface area contributed by atoms with Crippen molar-refractivity contribution in [1.82, 2.24) is 0 Å². The highest BCUT2D eigenvalue weighted by molar-refractivity contribution is 5.93. The molecule has 2 aromatic carbocycles. The van der Waals surface area contributed by atoms with Crippen molar-refractivity contribution in [2.75, 3.05) is 18.5 Å². The van der Waals surface area contributed by atoms with E-state index < -0.39 is 5.97 Å². The van der Waals surface area contributed by atoms with Gasteiger partial charge in [0.05, 0.1) is 0 Å². The van der Waals surface area contributed by atoms with Gasteiger partial charge in [0.25, 0.3) is 5.91 Å². The maximum atomic E-state index is 12.0. The number of anilines is 1. The number of carbonyl (C=O) groups excluding carboxylic acids is 2. The topological polar surface area (TPSA) is 64.6 Å². The molecular weight excluding hydrogens is 342 g/mol. The van der Waals surface area contributed by atoms with Gasteiger partial charge in [-0.05, 0) is 61.1 Å². The van der Waals surface area contributed by atoms with Crippen molar-refractivity contribution in [3.63, 3.8) is 0 Å². The Morgan fingerprint density at radius 3 is 2.37 bits per heavy atom. The molecule has 0 spiro atoms. The van der Waals surface area contributed by atoms with Crippen LogP contribution < -0.4 is 10.1 Å². The van der Waals surface area contributed by atoms with E-state index in [-0.39, 0.29) is 19.1 Å². The second kappa shape index (κ2) is 9.21. The predicted octanol–water partition coefficient (Wildman–Crippen LogP) is 4.30. The highest BCUT2D eigenvalue weighted by Crippen LogP contribution is 2.24. The molecule has 0 aromatic heterocycles. The van der Waals surface area contributed by atoms with E-state index in [0.717, 1.165) is 22.3 Å². The van der Waals surface area contributed by atoms with Gasteiger partial charge in [-0.3, -0.25) is 4.79 Å². The Balaban J connectivity index is 1.83. The molecule has 27 heavy (non-hydrogen) atoms. The van der Waals surface area contributed by atoms with Gasteiger partial charge >= 0.3 is 5.97 Å². The summed E-state index contributed by atoms with van der Waals surface area (Å²) in [6, 6.07) is 11.7. The number of hydrogen-bond donors (Lipinski definition) is 1. The molecule has 2 rings (SSSR count). The molecule has 0 aliphatic carbocycles. The van der Waals surface area contributed by atoms with Gasteiger partial charge in [-0.2, -0.15) is 0 Å². The quantitative estimate of drug-likeness (QED) is 0.739. The van der Waals surface area contributed by atoms with Crippen LogP contribution in [0.15, 0.2) is 36.4 Å². The first kappa shape index (κ1) is 20.5. The average molecular weight is 369 g/mol. The van der Waals surface area contributed by atoms with E-state index in [1.54, 1.807) is 0 Å². The molecule has 1 N–H and O–H groups in total. The number of esters is 1. The summed E-state index contributed by atoms with van der Waals surface area (Å²) < 4.78 is 10.6. The second-order valence-electron chi connectivity index (χ2n) is 7.00. The Labute approximate surface area is 160 Å². The van der Waals surface area contributed by atoms with Crippen molar-refractivity contribution < 1.29 is 19.1 Å². The van der Waals surface area contributed by atoms with E-state index in [9.17, 15) is 9.59 Å². The lowest BCUT2D eigenvalue weighted by atomic mass is 10.0. The Bertz CT molecular complexity index is 827. The number of nitrogens with one attached hydrogen (secondary N) is 1. The standard InChI is InChI=1S/C22H27NO4/c1-14(2)18-9-8-17(5)20(11-18)26-13-22(25)27-12-21(24)23-19-10-15(3)6-7-16(19)4/h6-11,14H,12-13H2,1-5H3,(H,23,24). The van der Waals surface area contributed by atoms with E-state index in [0.29, 0.717) is 17.4 Å². The highest BCUT2D eigenvalue weighted by Gasteiger charge is 2.11. The summed E-state index contributed by atoms with van der Waals surface area (Å²) in [5.41, 5.74) is 4.79. The molecule has 144 valence electrons. The molecule has 0 heterocycles. The molecule has 0 bridgehead atoms. The number of amides is 1. The minimum atomic E-state index is -0.583. The van der Waals surface area contributed by atoms with Crippen LogP contribution in [0.2, 0.25) is 0 Å². The summed E-state index contributed by atoms with van der Waals surface area (Å²) in [4.78, 5) is 23.9. The minimum absolute atomic E-state index is 0.237. The van der Waals surface area contributed by atoms with Crippen LogP contribution in [0.25, 0.3) is 0 Å². The SMILES string of the molecule is Cc1ccc(C)c(NC(=O)COC(=O)COc2cc(C(C)C)ccc2C)c1. The molecule has 2 aromatic rings. The molecular formula is C22H27NO4. The van der Waals surface area contributed by atoms with Crippen molar-refractivity contribution in [3.8, 4) is 5.75 Å². The summed E-state index contributed by atoms with van der Waals surface area (Å²) in [5, 5.41) is 2.75. The lowest BCUT2D eigenvalue weighted by Gasteiger charge is -2.13. The van der Waals surface area contributed by atoms with Crippen LogP contribution in [0, 0.1) is 20.8 Å². The van der Waals surface area contributed by atoms with Gasteiger partial charge in [-0.15, -0.1) is 0 Å². The first-order valence-electron chi connectivity index (χ1n) is 9.02. The number of ether oxygens (including phenoxy) is 2. The van der Waals surface area contributed by atoms with Gasteiger partial charge in [0.1, 0.15) is 5.75 Å². The molecule has 0 radical (unpaired) electrons. The number of benzene rings is 2. The van der Waals surface area contributed by atoms with E-state index >= 15 is 0 Å². The minimum Gasteiger partial charge on any atom is -0.482 e. The van der Waals surface area contributed by atoms with Crippen LogP contribution in [0.3, 0.4) is 0 Å². The first-order valence-corrected chi connectivity index (χ1v) is 9.02. The summed E-state index contributed by atoms with van der Waals surface area (Å²) in [6.45, 7) is 9.38. The third-order valence-electron chi connectivity index (χ3n) is 4.26. The first-order chi connectivity index (χ1) is 12.8. The smallest absolute Gasteiger partial charge is 0.344 e. The molecule has 0 aliphatic rings. The van der Waals surface area contributed by atoms with Gasteiger partial charge in [-0.25, -0.2) is 4.79 Å². The molecule has 5 heteroatoms. The van der Waals surface area contributed by atoms with Crippen molar-refractivity contribution in [3.05, 3.63) is 58.7 Å². The third kappa shape index (κ3) is 6.13. The predicted molar refractivity (Wildman–Crippen MR) is 106 cm³/mol. The van der Waals surface area contributed by atoms with Gasteiger partial charge in [0, 0.05) is 5.69 Å². The number of aryl methyl sites for hydroxylation is 3. The second-order valence-corrected chi connectivity index (χ2v) is 7.00. The van der Waals surface area contributed by atoms with Crippen molar-refractivity contribution in [2.24, 2.45) is 0 Å². The normalized spacial score (nSPS) is 10.6. The zero-order valence-corrected chi connectivity index (χ0v) is 16.6. The van der Waals surface area contributed by atoms with Crippen LogP contribution in [-0.2, 0) is 14.3 Å². The van der Waals surface area contributed by atoms with Crippen LogP contribution >= 0.6 is 0 Å². The monoisotopic (exact) mass is 369 g/mol. The highest BCUT2D eigenvalue weighted by atomic mass is 16.6. The molecule has 5 nitrogen and oxygen atoms in total. The van der Waals surface area contributed by atoms with Crippen LogP contribution in [0.4, 0.5) is 5.69 Å². The lowest BCUT2D eigenvalue weighted by molar-refractivity contribution is -0.149. The maximum Gasteiger partial charge on any atom is 0.344 e. The average Bonchev–Trinajstić information content (AvgIpc) is 2.62. The van der Waals surface area contributed by atoms with Gasteiger partial charge < -0.3 is 14.8 Å². The van der Waals surface area contributed by atoms with E-state index in [1.807, 2.05) is 57.2 Å². The van der Waals surface area contributed by atoms with E-state index in [1.165, 1.54) is 0 Å². The number of rotatable bonds is 7. The summed E-state index contributed by atoms with van der Waals surface area (Å²) >= 11 is 0. The third-order valence-corrected chi connectivity index (χ3v) is 4.26. The van der Waals surface area contributed by atoms with E-state index in [2.05, 4.69) is 19.2 Å². The van der Waals surface area contributed by atoms with Gasteiger partial charge in [0.2, 0.25) is 0 Å². The molecule has 0 saturated heterocycles. The Hall–Kier alpha value is -2.82. The fourth-order valence-electron chi connectivity index (χ4n) is 2.51. The number of hydrogen-bond acceptors (Lipinski definition) is 4. The van der Waals surface area contributed by atoms with Crippen molar-refractivity contribution in [2.45, 2.75) is 40.5 Å². The Morgan fingerprint density at radius 2 is 1.67 bits per heavy atom. The van der Waals surface area contributed by atoms with Crippen LogP contribution in [0.5, 0.6) is 5.75 Å². The zero-order chi connectivity index (χ0) is 20.0. The molecule has 0 atom stereocenters. The van der Waals surface area contributed by atoms with Crippen LogP contribution in [-0.4, -0.2) is 25.1 Å². The van der Waals surface area contributed by atoms with Crippen molar-refractivity contribution in [1.29, 1.82) is 0 Å². The molecule has 0 aliphatic heterocycles. The Kier molecular flexibility index (Phi) is 6.99. The maximum absolute atomic E-state index is 12.0. The van der Waals surface area contributed by atoms with Gasteiger partial charge in [0.15, 0.2) is 13.2 Å². The lowest BCUT2D eigenvalue weighted by Crippen LogP contribution is -2.24. The molecule has 0 saturated carbocycles. The number of carbonyl (C=O) groups is 2. The summed E-state index contributed by atoms with van der Waals surface area (Å²) in [6.07, 6.45) is 0. The summed E-state index contributed by atoms with van der Waals surface area (Å²) in [5.74, 6) is 0.0576. The van der Waals surface area contributed by atoms with Gasteiger partial charge in [-0.1, -0.05) is 38.1 Å². The fraction of sp³-hybridized carbons (Fsp3) is 0.364. The van der Waals surface area contributed by atoms with Crippen molar-refractivity contribution >= 4 is 17.6 Å². The fourth-order valence-corrected chi connectivity index (χ4v) is 2.51. The largest absolute Gasteiger partial charge is 0.482 e. The summed E-state index contributed by atoms with van der Waals surface area (Å²) in [7, 11) is 0. The molecule has 0 unspecified atom stereocenters.